The first-order valence-corrected chi connectivity index (χ1v) is 7.90. The number of hydrogen-bond acceptors (Lipinski definition) is 3. The molecule has 0 amide bonds. The summed E-state index contributed by atoms with van der Waals surface area (Å²) in [5.41, 5.74) is 0.645. The van der Waals surface area contributed by atoms with Gasteiger partial charge >= 0.3 is 0 Å². The lowest BCUT2D eigenvalue weighted by molar-refractivity contribution is -0.117. The SMILES string of the molecule is CC(=O)CC(c1ccccc1)S(=O)(=O)c1ccccc1. The fourth-order valence-electron chi connectivity index (χ4n) is 2.11. The zero-order valence-electron chi connectivity index (χ0n) is 11.2. The number of ketones is 1. The minimum atomic E-state index is -3.57. The highest BCUT2D eigenvalue weighted by Gasteiger charge is 2.29. The Bertz CT molecular complexity index is 676. The third kappa shape index (κ3) is 3.14. The Balaban J connectivity index is 2.49. The molecule has 0 heterocycles. The average Bonchev–Trinajstić information content (AvgIpc) is 2.46. The molecule has 0 spiro atoms. The van der Waals surface area contributed by atoms with E-state index in [2.05, 4.69) is 0 Å². The number of hydrogen-bond donors (Lipinski definition) is 0. The third-order valence-electron chi connectivity index (χ3n) is 3.09. The zero-order chi connectivity index (χ0) is 14.6. The molecular formula is C16H16O3S. The molecule has 0 saturated carbocycles. The summed E-state index contributed by atoms with van der Waals surface area (Å²) in [4.78, 5) is 11.7. The van der Waals surface area contributed by atoms with Crippen LogP contribution in [0.5, 0.6) is 0 Å². The number of benzene rings is 2. The lowest BCUT2D eigenvalue weighted by atomic mass is 10.1. The lowest BCUT2D eigenvalue weighted by Crippen LogP contribution is -2.16. The topological polar surface area (TPSA) is 51.2 Å². The Morgan fingerprint density at radius 1 is 0.950 bits per heavy atom. The molecule has 20 heavy (non-hydrogen) atoms. The molecule has 0 fully saturated rings. The Kier molecular flexibility index (Phi) is 4.35. The van der Waals surface area contributed by atoms with Crippen molar-refractivity contribution in [3.05, 3.63) is 66.2 Å². The molecule has 104 valence electrons. The van der Waals surface area contributed by atoms with Crippen LogP contribution in [0.25, 0.3) is 0 Å². The molecule has 0 aliphatic carbocycles. The van der Waals surface area contributed by atoms with Crippen LogP contribution in [0, 0.1) is 0 Å². The van der Waals surface area contributed by atoms with Crippen molar-refractivity contribution >= 4 is 15.6 Å². The second kappa shape index (κ2) is 6.01. The van der Waals surface area contributed by atoms with Crippen molar-refractivity contribution in [1.82, 2.24) is 0 Å². The minimum Gasteiger partial charge on any atom is -0.300 e. The normalized spacial score (nSPS) is 12.8. The van der Waals surface area contributed by atoms with Crippen molar-refractivity contribution in [3.63, 3.8) is 0 Å². The van der Waals surface area contributed by atoms with Gasteiger partial charge in [-0.1, -0.05) is 48.5 Å². The Hall–Kier alpha value is -1.94. The van der Waals surface area contributed by atoms with Crippen LogP contribution in [0.15, 0.2) is 65.6 Å². The first-order chi connectivity index (χ1) is 9.51. The summed E-state index contributed by atoms with van der Waals surface area (Å²) >= 11 is 0. The van der Waals surface area contributed by atoms with Gasteiger partial charge in [0.05, 0.1) is 10.1 Å². The van der Waals surface area contributed by atoms with Gasteiger partial charge in [0.15, 0.2) is 9.84 Å². The van der Waals surface area contributed by atoms with E-state index in [1.807, 2.05) is 6.07 Å². The van der Waals surface area contributed by atoms with Crippen molar-refractivity contribution < 1.29 is 13.2 Å². The van der Waals surface area contributed by atoms with Crippen LogP contribution in [0.2, 0.25) is 0 Å². The molecule has 0 saturated heterocycles. The second-order valence-electron chi connectivity index (χ2n) is 4.66. The summed E-state index contributed by atoms with van der Waals surface area (Å²) in [6.07, 6.45) is -0.0127. The molecular weight excluding hydrogens is 272 g/mol. The number of Topliss-reactive ketones (excluding diaryl/α,β-unsaturated/α-hetero) is 1. The van der Waals surface area contributed by atoms with Crippen LogP contribution in [0.3, 0.4) is 0 Å². The highest BCUT2D eigenvalue weighted by atomic mass is 32.2. The maximum Gasteiger partial charge on any atom is 0.185 e. The van der Waals surface area contributed by atoms with E-state index in [0.29, 0.717) is 5.56 Å². The zero-order valence-corrected chi connectivity index (χ0v) is 12.0. The molecule has 2 rings (SSSR count). The molecule has 2 aromatic rings. The van der Waals surface area contributed by atoms with Crippen molar-refractivity contribution in [2.75, 3.05) is 0 Å². The molecule has 3 nitrogen and oxygen atoms in total. The smallest absolute Gasteiger partial charge is 0.185 e. The molecule has 0 N–H and O–H groups in total. The van der Waals surface area contributed by atoms with E-state index in [0.717, 1.165) is 0 Å². The van der Waals surface area contributed by atoms with Gasteiger partial charge in [-0.15, -0.1) is 0 Å². The van der Waals surface area contributed by atoms with Crippen LogP contribution in [0.1, 0.15) is 24.2 Å². The Morgan fingerprint density at radius 3 is 1.95 bits per heavy atom. The van der Waals surface area contributed by atoms with Gasteiger partial charge in [0.25, 0.3) is 0 Å². The predicted octanol–water partition coefficient (Wildman–Crippen LogP) is 3.18. The van der Waals surface area contributed by atoms with Gasteiger partial charge < -0.3 is 0 Å². The Morgan fingerprint density at radius 2 is 1.45 bits per heavy atom. The van der Waals surface area contributed by atoms with E-state index in [4.69, 9.17) is 0 Å². The number of carbonyl (C=O) groups excluding carboxylic acids is 1. The van der Waals surface area contributed by atoms with E-state index in [1.165, 1.54) is 6.92 Å². The molecule has 0 aliphatic heterocycles. The van der Waals surface area contributed by atoms with Gasteiger partial charge in [0.1, 0.15) is 5.78 Å². The van der Waals surface area contributed by atoms with Crippen LogP contribution in [-0.2, 0) is 14.6 Å². The number of sulfone groups is 1. The summed E-state index contributed by atoms with van der Waals surface area (Å²) < 4.78 is 25.4. The van der Waals surface area contributed by atoms with Crippen LogP contribution < -0.4 is 0 Å². The number of rotatable bonds is 5. The van der Waals surface area contributed by atoms with E-state index < -0.39 is 15.1 Å². The quantitative estimate of drug-likeness (QED) is 0.849. The molecule has 0 aliphatic rings. The van der Waals surface area contributed by atoms with E-state index in [-0.39, 0.29) is 17.1 Å². The first-order valence-electron chi connectivity index (χ1n) is 6.35. The third-order valence-corrected chi connectivity index (χ3v) is 5.21. The van der Waals surface area contributed by atoms with Crippen molar-refractivity contribution in [2.24, 2.45) is 0 Å². The van der Waals surface area contributed by atoms with E-state index >= 15 is 0 Å². The van der Waals surface area contributed by atoms with Gasteiger partial charge in [0, 0.05) is 6.42 Å². The van der Waals surface area contributed by atoms with Crippen molar-refractivity contribution in [2.45, 2.75) is 23.5 Å². The minimum absolute atomic E-state index is 0.0127. The number of carbonyl (C=O) groups is 1. The van der Waals surface area contributed by atoms with Crippen molar-refractivity contribution in [1.29, 1.82) is 0 Å². The van der Waals surface area contributed by atoms with Gasteiger partial charge in [-0.3, -0.25) is 4.79 Å². The molecule has 2 aromatic carbocycles. The van der Waals surface area contributed by atoms with Gasteiger partial charge in [0.2, 0.25) is 0 Å². The second-order valence-corrected chi connectivity index (χ2v) is 6.79. The molecule has 0 radical (unpaired) electrons. The first kappa shape index (κ1) is 14.5. The van der Waals surface area contributed by atoms with Gasteiger partial charge in [-0.2, -0.15) is 0 Å². The van der Waals surface area contributed by atoms with Crippen LogP contribution >= 0.6 is 0 Å². The average molecular weight is 288 g/mol. The summed E-state index contributed by atoms with van der Waals surface area (Å²) in [5, 5.41) is -0.830. The fraction of sp³-hybridized carbons (Fsp3) is 0.188. The molecule has 4 heteroatoms. The predicted molar refractivity (Wildman–Crippen MR) is 78.1 cm³/mol. The monoisotopic (exact) mass is 288 g/mol. The van der Waals surface area contributed by atoms with Crippen molar-refractivity contribution in [3.8, 4) is 0 Å². The highest BCUT2D eigenvalue weighted by Crippen LogP contribution is 2.31. The molecule has 0 aromatic heterocycles. The molecule has 1 unspecified atom stereocenters. The fourth-order valence-corrected chi connectivity index (χ4v) is 3.94. The maximum absolute atomic E-state index is 12.7. The van der Waals surface area contributed by atoms with E-state index in [1.54, 1.807) is 54.6 Å². The summed E-state index contributed by atoms with van der Waals surface area (Å²) in [7, 11) is -3.57. The van der Waals surface area contributed by atoms with Crippen LogP contribution in [-0.4, -0.2) is 14.2 Å². The largest absolute Gasteiger partial charge is 0.300 e. The maximum atomic E-state index is 12.7. The summed E-state index contributed by atoms with van der Waals surface area (Å²) in [5.74, 6) is -0.140. The summed E-state index contributed by atoms with van der Waals surface area (Å²) in [6, 6.07) is 17.1. The summed E-state index contributed by atoms with van der Waals surface area (Å²) in [6.45, 7) is 1.41. The molecule has 1 atom stereocenters. The standard InChI is InChI=1S/C16H16O3S/c1-13(17)12-16(14-8-4-2-5-9-14)20(18,19)15-10-6-3-7-11-15/h2-11,16H,12H2,1H3. The van der Waals surface area contributed by atoms with Gasteiger partial charge in [-0.05, 0) is 24.6 Å². The van der Waals surface area contributed by atoms with Crippen LogP contribution in [0.4, 0.5) is 0 Å². The van der Waals surface area contributed by atoms with Gasteiger partial charge in [-0.25, -0.2) is 8.42 Å². The highest BCUT2D eigenvalue weighted by molar-refractivity contribution is 7.91. The lowest BCUT2D eigenvalue weighted by Gasteiger charge is -2.17. The molecule has 0 bridgehead atoms. The Labute approximate surface area is 119 Å². The van der Waals surface area contributed by atoms with E-state index in [9.17, 15) is 13.2 Å².